The van der Waals surface area contributed by atoms with E-state index in [4.69, 9.17) is 4.74 Å². The molecule has 37 heavy (non-hydrogen) atoms. The first kappa shape index (κ1) is 26.5. The number of aryl methyl sites for hydroxylation is 3. The SMILES string of the molecule is Cc1ccc(C)c(OCC(=O)N(Cc2ccccc2C)[C@@H](Cc2ccccc2)C(=O)NC2CCCC2)c1. The zero-order valence-electron chi connectivity index (χ0n) is 22.2. The Hall–Kier alpha value is -3.60. The monoisotopic (exact) mass is 498 g/mol. The molecule has 0 aromatic heterocycles. The highest BCUT2D eigenvalue weighted by Crippen LogP contribution is 2.22. The van der Waals surface area contributed by atoms with E-state index in [2.05, 4.69) is 5.32 Å². The molecule has 0 aliphatic heterocycles. The fourth-order valence-corrected chi connectivity index (χ4v) is 4.98. The molecular weight excluding hydrogens is 460 g/mol. The van der Waals surface area contributed by atoms with E-state index >= 15 is 0 Å². The predicted molar refractivity (Wildman–Crippen MR) is 147 cm³/mol. The van der Waals surface area contributed by atoms with E-state index < -0.39 is 6.04 Å². The number of ether oxygens (including phenoxy) is 1. The molecule has 3 aromatic carbocycles. The van der Waals surface area contributed by atoms with Crippen LogP contribution < -0.4 is 10.1 Å². The molecular formula is C32H38N2O3. The number of carbonyl (C=O) groups excluding carboxylic acids is 2. The molecule has 194 valence electrons. The minimum Gasteiger partial charge on any atom is -0.483 e. The van der Waals surface area contributed by atoms with Crippen molar-refractivity contribution in [3.63, 3.8) is 0 Å². The predicted octanol–water partition coefficient (Wildman–Crippen LogP) is 5.69. The fraction of sp³-hybridized carbons (Fsp3) is 0.375. The Bertz CT molecular complexity index is 1200. The third kappa shape index (κ3) is 7.22. The van der Waals surface area contributed by atoms with Crippen molar-refractivity contribution in [1.82, 2.24) is 10.2 Å². The van der Waals surface area contributed by atoms with Gasteiger partial charge in [0.05, 0.1) is 0 Å². The number of amides is 2. The van der Waals surface area contributed by atoms with Crippen LogP contribution in [-0.4, -0.2) is 35.4 Å². The summed E-state index contributed by atoms with van der Waals surface area (Å²) in [5.74, 6) is 0.398. The summed E-state index contributed by atoms with van der Waals surface area (Å²) in [4.78, 5) is 29.3. The number of benzene rings is 3. The number of nitrogens with zero attached hydrogens (tertiary/aromatic N) is 1. The normalized spacial score (nSPS) is 14.2. The van der Waals surface area contributed by atoms with Crippen LogP contribution in [0.2, 0.25) is 0 Å². The fourth-order valence-electron chi connectivity index (χ4n) is 4.98. The molecule has 0 radical (unpaired) electrons. The van der Waals surface area contributed by atoms with Gasteiger partial charge in [0.15, 0.2) is 6.61 Å². The molecule has 1 N–H and O–H groups in total. The van der Waals surface area contributed by atoms with E-state index in [0.29, 0.717) is 18.7 Å². The highest BCUT2D eigenvalue weighted by molar-refractivity contribution is 5.88. The quantitative estimate of drug-likeness (QED) is 0.391. The molecule has 0 spiro atoms. The summed E-state index contributed by atoms with van der Waals surface area (Å²) in [5.41, 5.74) is 5.18. The van der Waals surface area contributed by atoms with Gasteiger partial charge in [-0.3, -0.25) is 9.59 Å². The minimum absolute atomic E-state index is 0.0931. The van der Waals surface area contributed by atoms with Crippen molar-refractivity contribution in [2.75, 3.05) is 6.61 Å². The maximum atomic E-state index is 13.8. The van der Waals surface area contributed by atoms with Crippen LogP contribution in [0.25, 0.3) is 0 Å². The minimum atomic E-state index is -0.641. The summed E-state index contributed by atoms with van der Waals surface area (Å²) >= 11 is 0. The van der Waals surface area contributed by atoms with Gasteiger partial charge in [-0.1, -0.05) is 79.6 Å². The topological polar surface area (TPSA) is 58.6 Å². The van der Waals surface area contributed by atoms with Crippen molar-refractivity contribution >= 4 is 11.8 Å². The van der Waals surface area contributed by atoms with Gasteiger partial charge in [-0.25, -0.2) is 0 Å². The highest BCUT2D eigenvalue weighted by Gasteiger charge is 2.32. The molecule has 1 atom stereocenters. The van der Waals surface area contributed by atoms with Crippen molar-refractivity contribution in [3.8, 4) is 5.75 Å². The number of carbonyl (C=O) groups is 2. The van der Waals surface area contributed by atoms with Gasteiger partial charge in [-0.05, 0) is 67.5 Å². The van der Waals surface area contributed by atoms with Gasteiger partial charge in [0, 0.05) is 19.0 Å². The number of rotatable bonds is 10. The molecule has 1 fully saturated rings. The smallest absolute Gasteiger partial charge is 0.261 e. The van der Waals surface area contributed by atoms with E-state index in [9.17, 15) is 9.59 Å². The highest BCUT2D eigenvalue weighted by atomic mass is 16.5. The molecule has 0 unspecified atom stereocenters. The van der Waals surface area contributed by atoms with Crippen molar-refractivity contribution in [2.45, 2.75) is 71.5 Å². The Morgan fingerprint density at radius 1 is 0.919 bits per heavy atom. The molecule has 0 heterocycles. The van der Waals surface area contributed by atoms with E-state index in [1.165, 1.54) is 0 Å². The van der Waals surface area contributed by atoms with Gasteiger partial charge >= 0.3 is 0 Å². The van der Waals surface area contributed by atoms with Crippen molar-refractivity contribution in [1.29, 1.82) is 0 Å². The Balaban J connectivity index is 1.63. The van der Waals surface area contributed by atoms with Crippen molar-refractivity contribution in [2.24, 2.45) is 0 Å². The lowest BCUT2D eigenvalue weighted by Gasteiger charge is -2.32. The summed E-state index contributed by atoms with van der Waals surface area (Å²) in [6, 6.07) is 23.5. The van der Waals surface area contributed by atoms with Crippen LogP contribution in [0.3, 0.4) is 0 Å². The second kappa shape index (κ2) is 12.6. The number of hydrogen-bond donors (Lipinski definition) is 1. The molecule has 3 aromatic rings. The van der Waals surface area contributed by atoms with Crippen LogP contribution in [-0.2, 0) is 22.6 Å². The summed E-state index contributed by atoms with van der Waals surface area (Å²) in [7, 11) is 0. The lowest BCUT2D eigenvalue weighted by Crippen LogP contribution is -2.53. The summed E-state index contributed by atoms with van der Waals surface area (Å²) < 4.78 is 6.02. The first-order chi connectivity index (χ1) is 17.9. The van der Waals surface area contributed by atoms with Gasteiger partial charge in [0.1, 0.15) is 11.8 Å². The molecule has 5 nitrogen and oxygen atoms in total. The van der Waals surface area contributed by atoms with Crippen LogP contribution in [0.5, 0.6) is 5.75 Å². The van der Waals surface area contributed by atoms with Gasteiger partial charge in [0.2, 0.25) is 5.91 Å². The zero-order valence-corrected chi connectivity index (χ0v) is 22.2. The molecule has 0 bridgehead atoms. The average Bonchev–Trinajstić information content (AvgIpc) is 3.41. The Labute approximate surface area is 220 Å². The first-order valence-electron chi connectivity index (χ1n) is 13.3. The third-order valence-corrected chi connectivity index (χ3v) is 7.27. The Morgan fingerprint density at radius 2 is 1.62 bits per heavy atom. The lowest BCUT2D eigenvalue weighted by molar-refractivity contribution is -0.143. The molecule has 5 heteroatoms. The van der Waals surface area contributed by atoms with Crippen LogP contribution in [0.15, 0.2) is 72.8 Å². The first-order valence-corrected chi connectivity index (χ1v) is 13.3. The van der Waals surface area contributed by atoms with E-state index in [1.54, 1.807) is 4.90 Å². The number of hydrogen-bond acceptors (Lipinski definition) is 3. The molecule has 1 aliphatic rings. The number of nitrogens with one attached hydrogen (secondary N) is 1. The van der Waals surface area contributed by atoms with Crippen molar-refractivity contribution < 1.29 is 14.3 Å². The van der Waals surface area contributed by atoms with Crippen LogP contribution in [0.4, 0.5) is 0 Å². The van der Waals surface area contributed by atoms with Gasteiger partial charge in [-0.2, -0.15) is 0 Å². The largest absolute Gasteiger partial charge is 0.483 e. The average molecular weight is 499 g/mol. The summed E-state index contributed by atoms with van der Waals surface area (Å²) in [6.07, 6.45) is 4.69. The van der Waals surface area contributed by atoms with Gasteiger partial charge < -0.3 is 15.0 Å². The zero-order chi connectivity index (χ0) is 26.2. The van der Waals surface area contributed by atoms with E-state index in [-0.39, 0.29) is 24.5 Å². The Kier molecular flexibility index (Phi) is 8.99. The van der Waals surface area contributed by atoms with Crippen LogP contribution in [0, 0.1) is 20.8 Å². The lowest BCUT2D eigenvalue weighted by atomic mass is 10.0. The molecule has 1 aliphatic carbocycles. The second-order valence-corrected chi connectivity index (χ2v) is 10.2. The molecule has 2 amide bonds. The van der Waals surface area contributed by atoms with Crippen LogP contribution >= 0.6 is 0 Å². The van der Waals surface area contributed by atoms with E-state index in [1.807, 2.05) is 93.6 Å². The Morgan fingerprint density at radius 3 is 2.35 bits per heavy atom. The summed E-state index contributed by atoms with van der Waals surface area (Å²) in [5, 5.41) is 3.25. The summed E-state index contributed by atoms with van der Waals surface area (Å²) in [6.45, 7) is 6.23. The molecule has 4 rings (SSSR count). The van der Waals surface area contributed by atoms with Crippen molar-refractivity contribution in [3.05, 3.63) is 101 Å². The van der Waals surface area contributed by atoms with Crippen LogP contribution in [0.1, 0.15) is 53.5 Å². The maximum absolute atomic E-state index is 13.8. The van der Waals surface area contributed by atoms with Gasteiger partial charge in [0.25, 0.3) is 5.91 Å². The van der Waals surface area contributed by atoms with E-state index in [0.717, 1.165) is 53.5 Å². The third-order valence-electron chi connectivity index (χ3n) is 7.27. The molecule has 1 saturated carbocycles. The second-order valence-electron chi connectivity index (χ2n) is 10.2. The molecule has 0 saturated heterocycles. The van der Waals surface area contributed by atoms with Gasteiger partial charge in [-0.15, -0.1) is 0 Å². The standard InChI is InChI=1S/C32H38N2O3/c1-23-17-18-25(3)30(19-23)37-22-31(35)34(21-27-14-8-7-11-24(27)2)29(20-26-12-5-4-6-13-26)32(36)33-28-15-9-10-16-28/h4-8,11-14,17-19,28-29H,9-10,15-16,20-22H2,1-3H3,(H,33,36)/t29-/m0/s1. The maximum Gasteiger partial charge on any atom is 0.261 e.